The van der Waals surface area contributed by atoms with Gasteiger partial charge in [0.15, 0.2) is 0 Å². The summed E-state index contributed by atoms with van der Waals surface area (Å²) < 4.78 is 10.9. The summed E-state index contributed by atoms with van der Waals surface area (Å²) >= 11 is 0. The van der Waals surface area contributed by atoms with Crippen LogP contribution in [0.5, 0.6) is 0 Å². The topological polar surface area (TPSA) is 79.3 Å². The van der Waals surface area contributed by atoms with Crippen LogP contribution in [-0.2, 0) is 14.3 Å². The van der Waals surface area contributed by atoms with Crippen molar-refractivity contribution in [2.45, 2.75) is 32.5 Å². The highest BCUT2D eigenvalue weighted by Gasteiger charge is 2.28. The van der Waals surface area contributed by atoms with Crippen LogP contribution in [0.25, 0.3) is 0 Å². The lowest BCUT2D eigenvalue weighted by Gasteiger charge is -2.35. The zero-order chi connectivity index (χ0) is 15.3. The molecule has 1 atom stereocenters. The van der Waals surface area contributed by atoms with Gasteiger partial charge in [-0.05, 0) is 27.8 Å². The van der Waals surface area contributed by atoms with Crippen LogP contribution >= 0.6 is 0 Å². The van der Waals surface area contributed by atoms with E-state index in [0.29, 0.717) is 26.2 Å². The molecule has 1 amide bonds. The summed E-state index contributed by atoms with van der Waals surface area (Å²) in [4.78, 5) is 25.8. The van der Waals surface area contributed by atoms with E-state index in [1.807, 2.05) is 20.8 Å². The third-order valence-corrected chi connectivity index (χ3v) is 2.71. The Bertz CT molecular complexity index is 353. The number of nitrogens with zero attached hydrogens (tertiary/aromatic N) is 2. The van der Waals surface area contributed by atoms with E-state index in [1.165, 1.54) is 0 Å². The van der Waals surface area contributed by atoms with Gasteiger partial charge in [-0.15, -0.1) is 0 Å². The summed E-state index contributed by atoms with van der Waals surface area (Å²) in [7, 11) is 1.71. The van der Waals surface area contributed by atoms with Crippen molar-refractivity contribution in [1.29, 1.82) is 0 Å². The molecular formula is C13H24N2O5. The molecule has 0 aromatic carbocycles. The molecule has 1 unspecified atom stereocenters. The number of amides is 1. The molecule has 1 heterocycles. The first-order valence-corrected chi connectivity index (χ1v) is 6.67. The van der Waals surface area contributed by atoms with Crippen molar-refractivity contribution in [2.75, 3.05) is 39.8 Å². The molecule has 116 valence electrons. The summed E-state index contributed by atoms with van der Waals surface area (Å²) in [6, 6.07) is 0. The molecule has 20 heavy (non-hydrogen) atoms. The fourth-order valence-corrected chi connectivity index (χ4v) is 1.97. The van der Waals surface area contributed by atoms with Gasteiger partial charge in [-0.1, -0.05) is 0 Å². The SMILES string of the molecule is CN(CC(=O)O)CC1CN(C(=O)OC(C)(C)C)CCO1. The Balaban J connectivity index is 2.46. The molecule has 0 aliphatic carbocycles. The van der Waals surface area contributed by atoms with Crippen molar-refractivity contribution in [3.63, 3.8) is 0 Å². The van der Waals surface area contributed by atoms with E-state index in [4.69, 9.17) is 14.6 Å². The molecular weight excluding hydrogens is 264 g/mol. The van der Waals surface area contributed by atoms with Gasteiger partial charge in [-0.25, -0.2) is 4.79 Å². The highest BCUT2D eigenvalue weighted by Crippen LogP contribution is 2.13. The second-order valence-corrected chi connectivity index (χ2v) is 6.01. The number of carbonyl (C=O) groups is 2. The fraction of sp³-hybridized carbons (Fsp3) is 0.846. The van der Waals surface area contributed by atoms with Crippen LogP contribution in [0.1, 0.15) is 20.8 Å². The molecule has 0 bridgehead atoms. The van der Waals surface area contributed by atoms with Gasteiger partial charge in [0, 0.05) is 13.1 Å². The van der Waals surface area contributed by atoms with E-state index < -0.39 is 11.6 Å². The van der Waals surface area contributed by atoms with Crippen LogP contribution in [0.3, 0.4) is 0 Å². The molecule has 0 saturated carbocycles. The maximum Gasteiger partial charge on any atom is 0.410 e. The second-order valence-electron chi connectivity index (χ2n) is 6.01. The summed E-state index contributed by atoms with van der Waals surface area (Å²) in [5.74, 6) is -0.882. The van der Waals surface area contributed by atoms with E-state index in [2.05, 4.69) is 0 Å². The number of aliphatic carboxylic acids is 1. The molecule has 1 rings (SSSR count). The van der Waals surface area contributed by atoms with Gasteiger partial charge in [-0.3, -0.25) is 9.69 Å². The summed E-state index contributed by atoms with van der Waals surface area (Å²) in [6.45, 7) is 7.23. The van der Waals surface area contributed by atoms with Gasteiger partial charge in [0.1, 0.15) is 5.60 Å². The van der Waals surface area contributed by atoms with Gasteiger partial charge >= 0.3 is 12.1 Å². The second kappa shape index (κ2) is 6.90. The number of ether oxygens (including phenoxy) is 2. The molecule has 1 aliphatic rings. The lowest BCUT2D eigenvalue weighted by molar-refractivity contribution is -0.138. The lowest BCUT2D eigenvalue weighted by Crippen LogP contribution is -2.50. The number of carbonyl (C=O) groups excluding carboxylic acids is 1. The van der Waals surface area contributed by atoms with Crippen molar-refractivity contribution in [3.8, 4) is 0 Å². The van der Waals surface area contributed by atoms with Crippen LogP contribution in [0, 0.1) is 0 Å². The lowest BCUT2D eigenvalue weighted by atomic mass is 10.2. The maximum atomic E-state index is 12.0. The number of morpholine rings is 1. The molecule has 0 aromatic rings. The normalized spacial score (nSPS) is 20.1. The van der Waals surface area contributed by atoms with Crippen molar-refractivity contribution in [2.24, 2.45) is 0 Å². The third kappa shape index (κ3) is 6.21. The van der Waals surface area contributed by atoms with Crippen LogP contribution in [0.2, 0.25) is 0 Å². The average molecular weight is 288 g/mol. The van der Waals surface area contributed by atoms with Gasteiger partial charge in [0.05, 0.1) is 25.8 Å². The van der Waals surface area contributed by atoms with Crippen LogP contribution in [0.4, 0.5) is 4.79 Å². The predicted molar refractivity (Wildman–Crippen MR) is 72.7 cm³/mol. The molecule has 1 saturated heterocycles. The van der Waals surface area contributed by atoms with Crippen molar-refractivity contribution in [1.82, 2.24) is 9.80 Å². The smallest absolute Gasteiger partial charge is 0.410 e. The Morgan fingerprint density at radius 2 is 2.10 bits per heavy atom. The monoisotopic (exact) mass is 288 g/mol. The molecule has 0 spiro atoms. The number of hydrogen-bond donors (Lipinski definition) is 1. The van der Waals surface area contributed by atoms with Gasteiger partial charge in [0.25, 0.3) is 0 Å². The van der Waals surface area contributed by atoms with Crippen LogP contribution in [0.15, 0.2) is 0 Å². The zero-order valence-electron chi connectivity index (χ0n) is 12.6. The standard InChI is InChI=1S/C13H24N2O5/c1-13(2,3)20-12(18)15-5-6-19-10(8-15)7-14(4)9-11(16)17/h10H,5-9H2,1-4H3,(H,16,17). The Morgan fingerprint density at radius 1 is 1.45 bits per heavy atom. The molecule has 0 radical (unpaired) electrons. The number of likely N-dealkylation sites (N-methyl/N-ethyl adjacent to an activating group) is 1. The predicted octanol–water partition coefficient (Wildman–Crippen LogP) is 0.639. The van der Waals surface area contributed by atoms with Crippen molar-refractivity contribution >= 4 is 12.1 Å². The van der Waals surface area contributed by atoms with E-state index in [-0.39, 0.29) is 18.7 Å². The van der Waals surface area contributed by atoms with E-state index >= 15 is 0 Å². The first-order chi connectivity index (χ1) is 9.17. The molecule has 0 aromatic heterocycles. The summed E-state index contributed by atoms with van der Waals surface area (Å²) in [5.41, 5.74) is -0.523. The van der Waals surface area contributed by atoms with Crippen LogP contribution in [-0.4, -0.2) is 78.5 Å². The molecule has 1 fully saturated rings. The Morgan fingerprint density at radius 3 is 2.65 bits per heavy atom. The first kappa shape index (κ1) is 16.7. The molecule has 1 N–H and O–H groups in total. The minimum Gasteiger partial charge on any atom is -0.480 e. The number of carboxylic acids is 1. The van der Waals surface area contributed by atoms with Gasteiger partial charge in [0.2, 0.25) is 0 Å². The number of carboxylic acid groups (broad SMARTS) is 1. The minimum absolute atomic E-state index is 0.0493. The Hall–Kier alpha value is -1.34. The van der Waals surface area contributed by atoms with E-state index in [0.717, 1.165) is 0 Å². The molecule has 7 heteroatoms. The number of rotatable bonds is 4. The van der Waals surface area contributed by atoms with Crippen molar-refractivity contribution < 1.29 is 24.2 Å². The van der Waals surface area contributed by atoms with Gasteiger partial charge in [-0.2, -0.15) is 0 Å². The minimum atomic E-state index is -0.882. The number of hydrogen-bond acceptors (Lipinski definition) is 5. The van der Waals surface area contributed by atoms with Crippen molar-refractivity contribution in [3.05, 3.63) is 0 Å². The summed E-state index contributed by atoms with van der Waals surface area (Å²) in [6.07, 6.45) is -0.549. The summed E-state index contributed by atoms with van der Waals surface area (Å²) in [5, 5.41) is 8.71. The third-order valence-electron chi connectivity index (χ3n) is 2.71. The van der Waals surface area contributed by atoms with Gasteiger partial charge < -0.3 is 19.5 Å². The largest absolute Gasteiger partial charge is 0.480 e. The average Bonchev–Trinajstić information content (AvgIpc) is 2.25. The van der Waals surface area contributed by atoms with E-state index in [9.17, 15) is 9.59 Å². The quantitative estimate of drug-likeness (QED) is 0.818. The highest BCUT2D eigenvalue weighted by atomic mass is 16.6. The maximum absolute atomic E-state index is 12.0. The van der Waals surface area contributed by atoms with Crippen LogP contribution < -0.4 is 0 Å². The Kier molecular flexibility index (Phi) is 5.76. The zero-order valence-corrected chi connectivity index (χ0v) is 12.6. The highest BCUT2D eigenvalue weighted by molar-refractivity contribution is 5.69. The van der Waals surface area contributed by atoms with E-state index in [1.54, 1.807) is 16.8 Å². The Labute approximate surface area is 119 Å². The molecule has 7 nitrogen and oxygen atoms in total. The fourth-order valence-electron chi connectivity index (χ4n) is 1.97. The molecule has 1 aliphatic heterocycles. The first-order valence-electron chi connectivity index (χ1n) is 6.67.